The van der Waals surface area contributed by atoms with Crippen molar-refractivity contribution in [1.29, 1.82) is 0 Å². The molecule has 4 aliphatic heterocycles. The summed E-state index contributed by atoms with van der Waals surface area (Å²) in [6.45, 7) is 5.98. The number of amides is 1. The number of phosphoric ester groups is 2. The van der Waals surface area contributed by atoms with Crippen molar-refractivity contribution in [1.82, 2.24) is 24.5 Å². The number of anilines is 2. The van der Waals surface area contributed by atoms with Gasteiger partial charge in [0, 0.05) is 11.9 Å². The van der Waals surface area contributed by atoms with Crippen molar-refractivity contribution < 1.29 is 65.5 Å². The highest BCUT2D eigenvalue weighted by atomic mass is 32.1. The van der Waals surface area contributed by atoms with Crippen LogP contribution in [0.4, 0.5) is 11.8 Å². The van der Waals surface area contributed by atoms with Gasteiger partial charge in [0.25, 0.3) is 5.91 Å². The predicted molar refractivity (Wildman–Crippen MR) is 201 cm³/mol. The summed E-state index contributed by atoms with van der Waals surface area (Å²) in [6.07, 6.45) is -4.84. The molecule has 0 aliphatic carbocycles. The van der Waals surface area contributed by atoms with Gasteiger partial charge in [-0.25, -0.2) is 19.1 Å². The first-order valence-electron chi connectivity index (χ1n) is 18.1. The molecule has 2 unspecified atom stereocenters. The van der Waals surface area contributed by atoms with Gasteiger partial charge in [-0.3, -0.25) is 18.4 Å². The van der Waals surface area contributed by atoms with Crippen LogP contribution in [0.3, 0.4) is 0 Å². The number of phosphoric acid groups is 2. The Bertz CT molecular complexity index is 2260. The van der Waals surface area contributed by atoms with Gasteiger partial charge in [-0.2, -0.15) is 14.3 Å². The lowest BCUT2D eigenvalue weighted by Crippen LogP contribution is -2.33. The number of imidazole rings is 1. The Morgan fingerprint density at radius 1 is 0.914 bits per heavy atom. The van der Waals surface area contributed by atoms with Crippen LogP contribution in [0.15, 0.2) is 42.0 Å². The van der Waals surface area contributed by atoms with E-state index in [1.807, 2.05) is 30.3 Å². The van der Waals surface area contributed by atoms with E-state index in [9.17, 15) is 23.7 Å². The summed E-state index contributed by atoms with van der Waals surface area (Å²) in [7, 11) is -10.6. The van der Waals surface area contributed by atoms with E-state index >= 15 is 0 Å². The van der Waals surface area contributed by atoms with Gasteiger partial charge in [-0.05, 0) is 39.7 Å². The summed E-state index contributed by atoms with van der Waals surface area (Å²) < 4.78 is 79.1. The van der Waals surface area contributed by atoms with E-state index in [0.717, 1.165) is 16.9 Å². The summed E-state index contributed by atoms with van der Waals surface area (Å²) in [5.41, 5.74) is 13.4. The molecule has 25 heteroatoms. The number of fused-ring (bicyclic) bond motifs is 3. The van der Waals surface area contributed by atoms with Crippen LogP contribution in [0.2, 0.25) is 0 Å². The fraction of sp³-hybridized carbons (Fsp3) is 0.545. The predicted octanol–water partition coefficient (Wildman–Crippen LogP) is 2.95. The lowest BCUT2D eigenvalue weighted by atomic mass is 10.1. The third kappa shape index (κ3) is 8.70. The molecule has 314 valence electrons. The minimum atomic E-state index is -5.30. The van der Waals surface area contributed by atoms with Crippen LogP contribution in [0.1, 0.15) is 61.1 Å². The van der Waals surface area contributed by atoms with E-state index in [4.69, 9.17) is 48.9 Å². The number of carbonyl (C=O) groups is 1. The smallest absolute Gasteiger partial charge is 0.382 e. The molecule has 0 radical (unpaired) electrons. The first-order valence-corrected chi connectivity index (χ1v) is 21.9. The largest absolute Gasteiger partial charge is 0.481 e. The Labute approximate surface area is 334 Å². The van der Waals surface area contributed by atoms with E-state index in [2.05, 4.69) is 29.6 Å². The second kappa shape index (κ2) is 15.5. The number of thiazole rings is 1. The SMILES string of the molecule is CC1(C)O[C@@H]2[C@H](O1)[C@@H](COP(=O)(O)OP(=O)(O)OC[C@H]1O[C@@H](c3nc(C(N)=O)cs3)[C@@H]3OC(C)(C)O[C@@H]31)O[C@H]2n1cnc2c(N)nc(NCCc3ccccc3)nc21. The highest BCUT2D eigenvalue weighted by Gasteiger charge is 2.58. The van der Waals surface area contributed by atoms with Crippen LogP contribution in [0, 0.1) is 0 Å². The number of rotatable bonds is 15. The molecular weight excluding hydrogens is 826 g/mol. The van der Waals surface area contributed by atoms with Crippen LogP contribution in [0.5, 0.6) is 0 Å². The van der Waals surface area contributed by atoms with Gasteiger partial charge < -0.3 is 55.0 Å². The van der Waals surface area contributed by atoms with E-state index in [1.54, 1.807) is 32.3 Å². The van der Waals surface area contributed by atoms with E-state index in [1.165, 1.54) is 11.7 Å². The Morgan fingerprint density at radius 3 is 2.19 bits per heavy atom. The Hall–Kier alpha value is -3.51. The summed E-state index contributed by atoms with van der Waals surface area (Å²) in [6, 6.07) is 9.89. The number of nitrogens with zero attached hydrogens (tertiary/aromatic N) is 5. The number of carbonyl (C=O) groups excluding carboxylic acids is 1. The summed E-state index contributed by atoms with van der Waals surface area (Å²) in [5.74, 6) is -2.49. The molecule has 8 rings (SSSR count). The number of aromatic nitrogens is 5. The third-order valence-corrected chi connectivity index (χ3v) is 13.1. The van der Waals surface area contributed by atoms with Gasteiger partial charge >= 0.3 is 15.6 Å². The topological polar surface area (TPSA) is 295 Å². The van der Waals surface area contributed by atoms with Crippen molar-refractivity contribution in [3.8, 4) is 0 Å². The first kappa shape index (κ1) is 41.2. The number of hydrogen-bond donors (Lipinski definition) is 5. The first-order chi connectivity index (χ1) is 27.4. The molecule has 7 heterocycles. The van der Waals surface area contributed by atoms with Gasteiger partial charge in [0.2, 0.25) is 5.95 Å². The Balaban J connectivity index is 0.912. The maximum Gasteiger partial charge on any atom is 0.481 e. The zero-order valence-corrected chi connectivity index (χ0v) is 34.1. The molecule has 0 saturated carbocycles. The zero-order valence-electron chi connectivity index (χ0n) is 31.5. The van der Waals surface area contributed by atoms with Crippen LogP contribution in [0.25, 0.3) is 11.2 Å². The third-order valence-electron chi connectivity index (χ3n) is 9.57. The quantitative estimate of drug-likeness (QED) is 0.107. The average Bonchev–Trinajstić information content (AvgIpc) is 3.98. The number of nitrogen functional groups attached to an aromatic ring is 1. The molecular formula is C33H42N8O14P2S. The van der Waals surface area contributed by atoms with Gasteiger partial charge in [0.05, 0.1) is 19.5 Å². The number of hydrogen-bond acceptors (Lipinski definition) is 19. The minimum Gasteiger partial charge on any atom is -0.382 e. The van der Waals surface area contributed by atoms with E-state index < -0.39 is 95.3 Å². The molecule has 58 heavy (non-hydrogen) atoms. The average molecular weight is 869 g/mol. The molecule has 1 amide bonds. The van der Waals surface area contributed by atoms with Crippen LogP contribution in [-0.4, -0.2) is 108 Å². The molecule has 3 aromatic heterocycles. The standard InChI is InChI=1S/C33H42N8O14P2S/c1-32(2)51-21-18(49-24(23(21)53-32)29-38-17(14-58-29)27(35)42)12-47-56(43,44)55-57(45,46)48-13-19-22-25(54-33(3,4)52-22)30(50-19)41-15-37-20-26(34)39-31(40-28(20)41)36-11-10-16-8-6-5-7-9-16/h5-9,14-15,18-19,21-25,30H,10-13H2,1-4H3,(H2,35,42)(H,43,44)(H,45,46)(H3,34,36,39,40)/t18-,19-,21-,22-,23-,24-,25-,30-/m1/s1. The van der Waals surface area contributed by atoms with Gasteiger partial charge in [0.1, 0.15) is 58.9 Å². The number of nitrogens with one attached hydrogen (secondary N) is 1. The van der Waals surface area contributed by atoms with Crippen LogP contribution < -0.4 is 16.8 Å². The molecule has 0 spiro atoms. The normalized spacial score (nSPS) is 30.5. The number of nitrogens with two attached hydrogens (primary N) is 2. The number of primary amides is 1. The van der Waals surface area contributed by atoms with Crippen molar-refractivity contribution in [2.45, 2.75) is 94.6 Å². The van der Waals surface area contributed by atoms with Crippen molar-refractivity contribution in [3.05, 3.63) is 58.3 Å². The second-order valence-corrected chi connectivity index (χ2v) is 18.7. The number of ether oxygens (including phenoxy) is 6. The molecule has 4 aromatic rings. The van der Waals surface area contributed by atoms with E-state index in [0.29, 0.717) is 29.1 Å². The minimum absolute atomic E-state index is 0.0292. The van der Waals surface area contributed by atoms with Crippen molar-refractivity contribution in [2.75, 3.05) is 30.8 Å². The lowest BCUT2D eigenvalue weighted by molar-refractivity contribution is -0.199. The van der Waals surface area contributed by atoms with Crippen LogP contribution in [-0.2, 0) is 57.3 Å². The molecule has 4 aliphatic rings. The molecule has 22 nitrogen and oxygen atoms in total. The fourth-order valence-electron chi connectivity index (χ4n) is 7.24. The molecule has 0 bridgehead atoms. The highest BCUT2D eigenvalue weighted by Crippen LogP contribution is 2.61. The lowest BCUT2D eigenvalue weighted by Gasteiger charge is -2.25. The summed E-state index contributed by atoms with van der Waals surface area (Å²) in [5, 5.41) is 5.01. The molecule has 4 fully saturated rings. The highest BCUT2D eigenvalue weighted by molar-refractivity contribution is 7.61. The van der Waals surface area contributed by atoms with Gasteiger partial charge in [-0.1, -0.05) is 30.3 Å². The van der Waals surface area contributed by atoms with E-state index in [-0.39, 0.29) is 17.5 Å². The number of benzene rings is 1. The Morgan fingerprint density at radius 2 is 1.53 bits per heavy atom. The van der Waals surface area contributed by atoms with Crippen molar-refractivity contribution in [3.63, 3.8) is 0 Å². The summed E-state index contributed by atoms with van der Waals surface area (Å²) in [4.78, 5) is 50.3. The van der Waals surface area contributed by atoms with Gasteiger partial charge in [0.15, 0.2) is 29.3 Å². The molecule has 7 N–H and O–H groups in total. The zero-order chi connectivity index (χ0) is 41.2. The van der Waals surface area contributed by atoms with Crippen LogP contribution >= 0.6 is 27.0 Å². The fourth-order valence-corrected chi connectivity index (χ4v) is 10.2. The molecule has 10 atom stereocenters. The maximum absolute atomic E-state index is 13.1. The van der Waals surface area contributed by atoms with Crippen molar-refractivity contribution in [2.24, 2.45) is 5.73 Å². The monoisotopic (exact) mass is 868 g/mol. The van der Waals surface area contributed by atoms with Gasteiger partial charge in [-0.15, -0.1) is 11.3 Å². The van der Waals surface area contributed by atoms with Crippen molar-refractivity contribution >= 4 is 55.8 Å². The Kier molecular flexibility index (Phi) is 11.0. The molecule has 1 aromatic carbocycles. The summed E-state index contributed by atoms with van der Waals surface area (Å²) >= 11 is 1.11. The maximum atomic E-state index is 13.1. The molecule has 4 saturated heterocycles. The second-order valence-electron chi connectivity index (χ2n) is 14.8.